The summed E-state index contributed by atoms with van der Waals surface area (Å²) >= 11 is 1.33. The van der Waals surface area contributed by atoms with E-state index in [1.807, 2.05) is 37.3 Å². The third-order valence-electron chi connectivity index (χ3n) is 4.24. The van der Waals surface area contributed by atoms with E-state index >= 15 is 0 Å². The lowest BCUT2D eigenvalue weighted by Crippen LogP contribution is -2.21. The van der Waals surface area contributed by atoms with Gasteiger partial charge in [0.2, 0.25) is 5.55 Å². The van der Waals surface area contributed by atoms with E-state index in [2.05, 4.69) is 15.3 Å². The molecule has 1 amide bonds. The van der Waals surface area contributed by atoms with E-state index in [-0.39, 0.29) is 17.0 Å². The van der Waals surface area contributed by atoms with E-state index in [0.717, 1.165) is 5.39 Å². The molecule has 0 bridgehead atoms. The second-order valence-corrected chi connectivity index (χ2v) is 7.04. The van der Waals surface area contributed by atoms with Crippen LogP contribution in [0.4, 0.5) is 10.8 Å². The average molecular weight is 421 g/mol. The maximum Gasteiger partial charge on any atom is 0.262 e. The van der Waals surface area contributed by atoms with Crippen molar-refractivity contribution in [1.29, 1.82) is 0 Å². The highest BCUT2D eigenvalue weighted by Gasteiger charge is 2.16. The Kier molecular flexibility index (Phi) is 5.76. The fraction of sp³-hybridized carbons (Fsp3) is 0.136. The third kappa shape index (κ3) is 4.04. The fourth-order valence-electron chi connectivity index (χ4n) is 2.92. The molecule has 7 nitrogen and oxygen atoms in total. The van der Waals surface area contributed by atoms with Gasteiger partial charge in [-0.2, -0.15) is 0 Å². The summed E-state index contributed by atoms with van der Waals surface area (Å²) in [6.45, 7) is 2.38. The number of rotatable bonds is 6. The molecule has 4 aromatic rings. The van der Waals surface area contributed by atoms with Gasteiger partial charge >= 0.3 is 0 Å². The molecule has 0 saturated carbocycles. The van der Waals surface area contributed by atoms with E-state index in [1.54, 1.807) is 36.9 Å². The molecule has 1 N–H and O–H groups in total. The number of hydrogen-bond donors (Lipinski definition) is 1. The Morgan fingerprint density at radius 1 is 1.20 bits per heavy atom. The van der Waals surface area contributed by atoms with E-state index < -0.39 is 0 Å². The van der Waals surface area contributed by atoms with E-state index in [4.69, 9.17) is 13.9 Å². The molecule has 0 aliphatic rings. The first kappa shape index (κ1) is 19.7. The summed E-state index contributed by atoms with van der Waals surface area (Å²) in [6, 6.07) is 14.5. The van der Waals surface area contributed by atoms with Gasteiger partial charge in [-0.05, 0) is 31.2 Å². The molecule has 0 radical (unpaired) electrons. The zero-order valence-corrected chi connectivity index (χ0v) is 17.2. The normalized spacial score (nSPS) is 11.5. The number of amides is 1. The highest BCUT2D eigenvalue weighted by atomic mass is 32.1. The number of benzene rings is 2. The highest BCUT2D eigenvalue weighted by molar-refractivity contribution is 7.13. The van der Waals surface area contributed by atoms with Crippen molar-refractivity contribution < 1.29 is 18.7 Å². The second-order valence-electron chi connectivity index (χ2n) is 6.15. The lowest BCUT2D eigenvalue weighted by atomic mass is 10.1. The first-order chi connectivity index (χ1) is 14.7. The number of carbonyl (C=O) groups is 1. The maximum absolute atomic E-state index is 13.0. The summed E-state index contributed by atoms with van der Waals surface area (Å²) in [4.78, 5) is 21.7. The van der Waals surface area contributed by atoms with Crippen molar-refractivity contribution in [2.75, 3.05) is 19.0 Å². The number of carbonyl (C=O) groups excluding carboxylic acids is 1. The van der Waals surface area contributed by atoms with Crippen LogP contribution in [0.2, 0.25) is 0 Å². The molecule has 0 unspecified atom stereocenters. The lowest BCUT2D eigenvalue weighted by molar-refractivity contribution is 0.102. The van der Waals surface area contributed by atoms with Crippen molar-refractivity contribution in [3.63, 3.8) is 0 Å². The van der Waals surface area contributed by atoms with Crippen molar-refractivity contribution in [1.82, 2.24) is 4.98 Å². The Balaban J connectivity index is 1.93. The summed E-state index contributed by atoms with van der Waals surface area (Å²) in [5.41, 5.74) is 1.48. The van der Waals surface area contributed by atoms with Crippen LogP contribution < -0.4 is 20.3 Å². The van der Waals surface area contributed by atoms with Gasteiger partial charge in [-0.1, -0.05) is 24.3 Å². The van der Waals surface area contributed by atoms with Gasteiger partial charge in [-0.3, -0.25) is 10.1 Å². The first-order valence-corrected chi connectivity index (χ1v) is 10.2. The molecule has 30 heavy (non-hydrogen) atoms. The molecule has 0 aliphatic heterocycles. The number of anilines is 1. The topological polar surface area (TPSA) is 86.0 Å². The van der Waals surface area contributed by atoms with Gasteiger partial charge in [0.25, 0.3) is 5.91 Å². The zero-order valence-electron chi connectivity index (χ0n) is 16.4. The summed E-state index contributed by atoms with van der Waals surface area (Å²) < 4.78 is 17.2. The van der Waals surface area contributed by atoms with Gasteiger partial charge in [0.1, 0.15) is 17.0 Å². The van der Waals surface area contributed by atoms with Crippen LogP contribution >= 0.6 is 11.3 Å². The van der Waals surface area contributed by atoms with Crippen LogP contribution in [-0.4, -0.2) is 24.6 Å². The molecule has 2 aromatic carbocycles. The Morgan fingerprint density at radius 3 is 2.80 bits per heavy atom. The summed E-state index contributed by atoms with van der Waals surface area (Å²) in [5.74, 6) is 0.779. The predicted octanol–water partition coefficient (Wildman–Crippen LogP) is 4.78. The van der Waals surface area contributed by atoms with Crippen LogP contribution in [0.3, 0.4) is 0 Å². The van der Waals surface area contributed by atoms with Crippen molar-refractivity contribution in [3.05, 3.63) is 71.2 Å². The van der Waals surface area contributed by atoms with E-state index in [0.29, 0.717) is 34.5 Å². The van der Waals surface area contributed by atoms with Gasteiger partial charge in [-0.15, -0.1) is 11.3 Å². The Hall–Kier alpha value is -3.65. The minimum Gasteiger partial charge on any atom is -0.494 e. The fourth-order valence-corrected chi connectivity index (χ4v) is 3.44. The molecular weight excluding hydrogens is 402 g/mol. The van der Waals surface area contributed by atoms with Gasteiger partial charge in [0, 0.05) is 17.0 Å². The van der Waals surface area contributed by atoms with Gasteiger partial charge in [0.05, 0.1) is 13.7 Å². The number of hydrogen-bond acceptors (Lipinski definition) is 7. The van der Waals surface area contributed by atoms with Crippen molar-refractivity contribution in [2.24, 2.45) is 4.99 Å². The number of nitrogens with one attached hydrogen (secondary N) is 1. The van der Waals surface area contributed by atoms with Crippen LogP contribution in [-0.2, 0) is 0 Å². The van der Waals surface area contributed by atoms with Crippen LogP contribution in [0.15, 0.2) is 69.5 Å². The van der Waals surface area contributed by atoms with Gasteiger partial charge in [-0.25, -0.2) is 9.98 Å². The number of fused-ring (bicyclic) bond motifs is 1. The minimum atomic E-state index is -0.369. The minimum absolute atomic E-state index is 0.146. The SMILES string of the molecule is CCOc1cccc2cc(C(=O)Nc3nccs3)c(=Nc3ccccc3OC)oc12. The van der Waals surface area contributed by atoms with Crippen LogP contribution in [0, 0.1) is 0 Å². The van der Waals surface area contributed by atoms with Crippen molar-refractivity contribution in [2.45, 2.75) is 6.92 Å². The molecule has 152 valence electrons. The molecule has 4 rings (SSSR count). The van der Waals surface area contributed by atoms with Gasteiger partial charge < -0.3 is 13.9 Å². The number of para-hydroxylation sites is 3. The molecule has 0 spiro atoms. The second kappa shape index (κ2) is 8.79. The number of thiazole rings is 1. The smallest absolute Gasteiger partial charge is 0.262 e. The van der Waals surface area contributed by atoms with Crippen LogP contribution in [0.1, 0.15) is 17.3 Å². The Bertz CT molecular complexity index is 1250. The van der Waals surface area contributed by atoms with E-state index in [9.17, 15) is 4.79 Å². The molecule has 0 aliphatic carbocycles. The summed E-state index contributed by atoms with van der Waals surface area (Å²) in [5, 5.41) is 5.79. The zero-order chi connectivity index (χ0) is 20.9. The summed E-state index contributed by atoms with van der Waals surface area (Å²) in [7, 11) is 1.56. The van der Waals surface area contributed by atoms with Gasteiger partial charge in [0.15, 0.2) is 16.5 Å². The number of methoxy groups -OCH3 is 1. The standard InChI is InChI=1S/C22H19N3O4S/c1-3-28-18-10-6-7-14-13-15(20(26)25-22-23-11-12-30-22)21(29-19(14)18)24-16-8-4-5-9-17(16)27-2/h4-13H,3H2,1-2H3,(H,23,25,26). The van der Waals surface area contributed by atoms with Crippen molar-refractivity contribution >= 4 is 39.0 Å². The lowest BCUT2D eigenvalue weighted by Gasteiger charge is -2.09. The number of nitrogens with zero attached hydrogens (tertiary/aromatic N) is 2. The molecule has 2 aromatic heterocycles. The molecule has 0 fully saturated rings. The van der Waals surface area contributed by atoms with Crippen molar-refractivity contribution in [3.8, 4) is 11.5 Å². The number of ether oxygens (including phenoxy) is 2. The first-order valence-electron chi connectivity index (χ1n) is 9.28. The highest BCUT2D eigenvalue weighted by Crippen LogP contribution is 2.28. The molecule has 0 saturated heterocycles. The maximum atomic E-state index is 13.0. The quantitative estimate of drug-likeness (QED) is 0.484. The third-order valence-corrected chi connectivity index (χ3v) is 4.93. The van der Waals surface area contributed by atoms with Crippen LogP contribution in [0.25, 0.3) is 11.0 Å². The van der Waals surface area contributed by atoms with E-state index in [1.165, 1.54) is 11.3 Å². The van der Waals surface area contributed by atoms with Crippen LogP contribution in [0.5, 0.6) is 11.5 Å². The number of aromatic nitrogens is 1. The Labute approximate surface area is 176 Å². The molecule has 2 heterocycles. The monoisotopic (exact) mass is 421 g/mol. The molecule has 8 heteroatoms. The Morgan fingerprint density at radius 2 is 2.03 bits per heavy atom. The molecular formula is C22H19N3O4S. The largest absolute Gasteiger partial charge is 0.494 e. The molecule has 0 atom stereocenters. The predicted molar refractivity (Wildman–Crippen MR) is 116 cm³/mol. The average Bonchev–Trinajstić information content (AvgIpc) is 3.27. The summed E-state index contributed by atoms with van der Waals surface area (Å²) in [6.07, 6.45) is 1.62.